The fourth-order valence-electron chi connectivity index (χ4n) is 1.93. The average Bonchev–Trinajstić information content (AvgIpc) is 2.54. The van der Waals surface area contributed by atoms with Gasteiger partial charge in [-0.3, -0.25) is 9.79 Å². The highest BCUT2D eigenvalue weighted by Crippen LogP contribution is 2.21. The van der Waals surface area contributed by atoms with Crippen LogP contribution in [0.4, 0.5) is 0 Å². The normalized spacial score (nSPS) is 18.2. The Morgan fingerprint density at radius 2 is 1.76 bits per heavy atom. The second-order valence-corrected chi connectivity index (χ2v) is 4.63. The van der Waals surface area contributed by atoms with Gasteiger partial charge in [0.2, 0.25) is 0 Å². The van der Waals surface area contributed by atoms with E-state index in [4.69, 9.17) is 0 Å². The van der Waals surface area contributed by atoms with Gasteiger partial charge in [-0.1, -0.05) is 17.8 Å². The van der Waals surface area contributed by atoms with Crippen molar-refractivity contribution in [3.05, 3.63) is 10.1 Å². The summed E-state index contributed by atoms with van der Waals surface area (Å²) in [6, 6.07) is 0. The molecule has 0 N–H and O–H groups in total. The zero-order valence-electron chi connectivity index (χ0n) is 10.2. The number of likely N-dealkylation sites (tertiary alicyclic amines) is 1. The molecule has 0 aromatic rings. The maximum Gasteiger partial charge on any atom is 0.362 e. The summed E-state index contributed by atoms with van der Waals surface area (Å²) in [6.07, 6.45) is 4.33. The molecule has 0 aromatic carbocycles. The fraction of sp³-hybridized carbons (Fsp3) is 0.900. The SMILES string of the molecule is CC(C)(C(=O)OO[N+](=O)[O-])N1CCCCCC1. The Balaban J connectivity index is 2.57. The molecule has 0 bridgehead atoms. The Labute approximate surface area is 99.7 Å². The topological polar surface area (TPSA) is 81.9 Å². The van der Waals surface area contributed by atoms with Crippen molar-refractivity contribution < 1.29 is 19.8 Å². The highest BCUT2D eigenvalue weighted by molar-refractivity contribution is 5.79. The van der Waals surface area contributed by atoms with E-state index in [1.54, 1.807) is 13.8 Å². The van der Waals surface area contributed by atoms with Gasteiger partial charge >= 0.3 is 11.1 Å². The van der Waals surface area contributed by atoms with E-state index in [1.807, 2.05) is 4.90 Å². The molecular weight excluding hydrogens is 228 g/mol. The lowest BCUT2D eigenvalue weighted by Crippen LogP contribution is -2.51. The summed E-state index contributed by atoms with van der Waals surface area (Å²) >= 11 is 0. The predicted octanol–water partition coefficient (Wildman–Crippen LogP) is 1.31. The quantitative estimate of drug-likeness (QED) is 0.422. The monoisotopic (exact) mass is 246 g/mol. The van der Waals surface area contributed by atoms with Crippen LogP contribution in [-0.4, -0.2) is 34.6 Å². The first-order chi connectivity index (χ1) is 7.94. The van der Waals surface area contributed by atoms with Crippen LogP contribution in [0, 0.1) is 10.1 Å². The van der Waals surface area contributed by atoms with Gasteiger partial charge < -0.3 is 0 Å². The van der Waals surface area contributed by atoms with Crippen molar-refractivity contribution in [2.24, 2.45) is 0 Å². The average molecular weight is 246 g/mol. The fourth-order valence-corrected chi connectivity index (χ4v) is 1.93. The van der Waals surface area contributed by atoms with Crippen molar-refractivity contribution in [2.45, 2.75) is 45.1 Å². The van der Waals surface area contributed by atoms with Gasteiger partial charge in [0.1, 0.15) is 5.54 Å². The Kier molecular flexibility index (Phi) is 4.68. The molecule has 1 rings (SSSR count). The van der Waals surface area contributed by atoms with Crippen LogP contribution < -0.4 is 0 Å². The summed E-state index contributed by atoms with van der Waals surface area (Å²) in [6.45, 7) is 4.95. The van der Waals surface area contributed by atoms with E-state index < -0.39 is 16.6 Å². The first kappa shape index (κ1) is 13.7. The van der Waals surface area contributed by atoms with Gasteiger partial charge in [0, 0.05) is 0 Å². The Hall–Kier alpha value is -1.37. The Bertz CT molecular complexity index is 284. The number of rotatable bonds is 4. The molecule has 1 aliphatic rings. The van der Waals surface area contributed by atoms with Crippen molar-refractivity contribution >= 4 is 5.97 Å². The summed E-state index contributed by atoms with van der Waals surface area (Å²) in [4.78, 5) is 31.5. The van der Waals surface area contributed by atoms with Crippen LogP contribution in [-0.2, 0) is 14.7 Å². The van der Waals surface area contributed by atoms with E-state index in [0.717, 1.165) is 38.8 Å². The highest BCUT2D eigenvalue weighted by atomic mass is 17.3. The van der Waals surface area contributed by atoms with Crippen molar-refractivity contribution in [3.63, 3.8) is 0 Å². The lowest BCUT2D eigenvalue weighted by molar-refractivity contribution is -0.840. The molecule has 0 spiro atoms. The summed E-state index contributed by atoms with van der Waals surface area (Å²) in [7, 11) is 0. The molecule has 0 radical (unpaired) electrons. The summed E-state index contributed by atoms with van der Waals surface area (Å²) in [5.41, 5.74) is -0.902. The molecule has 0 atom stereocenters. The third-order valence-electron chi connectivity index (χ3n) is 3.07. The summed E-state index contributed by atoms with van der Waals surface area (Å²) in [5, 5.41) is 8.81. The van der Waals surface area contributed by atoms with Gasteiger partial charge in [0.25, 0.3) is 0 Å². The number of nitrogens with zero attached hydrogens (tertiary/aromatic N) is 2. The lowest BCUT2D eigenvalue weighted by atomic mass is 10.0. The lowest BCUT2D eigenvalue weighted by Gasteiger charge is -2.34. The van der Waals surface area contributed by atoms with Gasteiger partial charge in [-0.2, -0.15) is 0 Å². The third kappa shape index (κ3) is 3.85. The molecule has 17 heavy (non-hydrogen) atoms. The second-order valence-electron chi connectivity index (χ2n) is 4.63. The van der Waals surface area contributed by atoms with Crippen molar-refractivity contribution in [3.8, 4) is 0 Å². The smallest absolute Gasteiger partial charge is 0.288 e. The zero-order valence-corrected chi connectivity index (χ0v) is 10.2. The van der Waals surface area contributed by atoms with E-state index in [1.165, 1.54) is 0 Å². The van der Waals surface area contributed by atoms with Crippen LogP contribution in [0.15, 0.2) is 0 Å². The Morgan fingerprint density at radius 1 is 1.24 bits per heavy atom. The minimum absolute atomic E-state index is 0.740. The first-order valence-corrected chi connectivity index (χ1v) is 5.73. The first-order valence-electron chi connectivity index (χ1n) is 5.73. The highest BCUT2D eigenvalue weighted by Gasteiger charge is 2.37. The van der Waals surface area contributed by atoms with E-state index >= 15 is 0 Å². The molecule has 0 saturated carbocycles. The molecular formula is C10H18N2O5. The van der Waals surface area contributed by atoms with E-state index in [2.05, 4.69) is 9.88 Å². The third-order valence-corrected chi connectivity index (χ3v) is 3.07. The number of carbonyl (C=O) groups is 1. The zero-order chi connectivity index (χ0) is 12.9. The largest absolute Gasteiger partial charge is 0.362 e. The van der Waals surface area contributed by atoms with Crippen LogP contribution >= 0.6 is 0 Å². The van der Waals surface area contributed by atoms with Crippen LogP contribution in [0.3, 0.4) is 0 Å². The number of carbonyl (C=O) groups excluding carboxylic acids is 1. The van der Waals surface area contributed by atoms with E-state index in [0.29, 0.717) is 0 Å². The maximum atomic E-state index is 11.7. The van der Waals surface area contributed by atoms with Crippen molar-refractivity contribution in [1.29, 1.82) is 0 Å². The molecule has 1 saturated heterocycles. The molecule has 0 unspecified atom stereocenters. The van der Waals surface area contributed by atoms with Gasteiger partial charge in [-0.15, -0.1) is 10.1 Å². The van der Waals surface area contributed by atoms with Crippen LogP contribution in [0.25, 0.3) is 0 Å². The molecule has 7 heteroatoms. The summed E-state index contributed by atoms with van der Waals surface area (Å²) in [5.74, 6) is -0.740. The molecule has 1 fully saturated rings. The molecule has 1 heterocycles. The van der Waals surface area contributed by atoms with Crippen molar-refractivity contribution in [2.75, 3.05) is 13.1 Å². The number of hydrogen-bond acceptors (Lipinski definition) is 6. The molecule has 98 valence electrons. The van der Waals surface area contributed by atoms with Gasteiger partial charge in [0.05, 0.1) is 0 Å². The standard InChI is InChI=1S/C10H18N2O5/c1-10(2,9(13)16-17-12(14)15)11-7-5-3-4-6-8-11/h3-8H2,1-2H3. The van der Waals surface area contributed by atoms with Gasteiger partial charge in [0.15, 0.2) is 0 Å². The Morgan fingerprint density at radius 3 is 2.24 bits per heavy atom. The van der Waals surface area contributed by atoms with E-state index in [-0.39, 0.29) is 0 Å². The van der Waals surface area contributed by atoms with Crippen LogP contribution in [0.5, 0.6) is 0 Å². The van der Waals surface area contributed by atoms with Crippen LogP contribution in [0.1, 0.15) is 39.5 Å². The van der Waals surface area contributed by atoms with Gasteiger partial charge in [-0.05, 0) is 39.8 Å². The number of hydrogen-bond donors (Lipinski definition) is 0. The molecule has 1 aliphatic heterocycles. The van der Waals surface area contributed by atoms with Gasteiger partial charge in [-0.25, -0.2) is 4.79 Å². The van der Waals surface area contributed by atoms with E-state index in [9.17, 15) is 14.9 Å². The van der Waals surface area contributed by atoms with Crippen molar-refractivity contribution in [1.82, 2.24) is 4.90 Å². The predicted molar refractivity (Wildman–Crippen MR) is 58.3 cm³/mol. The molecule has 0 aliphatic carbocycles. The molecule has 0 aromatic heterocycles. The minimum Gasteiger partial charge on any atom is -0.288 e. The second kappa shape index (κ2) is 5.81. The maximum absolute atomic E-state index is 11.7. The minimum atomic E-state index is -1.14. The molecule has 0 amide bonds. The summed E-state index contributed by atoms with van der Waals surface area (Å²) < 4.78 is 0. The molecule has 7 nitrogen and oxygen atoms in total. The van der Waals surface area contributed by atoms with Crippen LogP contribution in [0.2, 0.25) is 0 Å².